The van der Waals surface area contributed by atoms with Gasteiger partial charge in [-0.2, -0.15) is 0 Å². The summed E-state index contributed by atoms with van der Waals surface area (Å²) in [7, 11) is 0. The van der Waals surface area contributed by atoms with Crippen LogP contribution in [0.2, 0.25) is 0 Å². The van der Waals surface area contributed by atoms with Crippen molar-refractivity contribution in [1.29, 1.82) is 0 Å². The number of hydrogen-bond acceptors (Lipinski definition) is 6. The fraction of sp³-hybridized carbons (Fsp3) is 0.250. The van der Waals surface area contributed by atoms with E-state index in [4.69, 9.17) is 0 Å². The molecule has 0 aromatic carbocycles. The lowest BCUT2D eigenvalue weighted by Crippen LogP contribution is -2.56. The average molecular weight is 242 g/mol. The molecular weight excluding hydrogens is 228 g/mol. The number of amidine groups is 1. The molecule has 18 heavy (non-hydrogen) atoms. The Morgan fingerprint density at radius 3 is 2.83 bits per heavy atom. The summed E-state index contributed by atoms with van der Waals surface area (Å²) in [6, 6.07) is 0.144. The van der Waals surface area contributed by atoms with Gasteiger partial charge in [0.1, 0.15) is 11.9 Å². The van der Waals surface area contributed by atoms with Gasteiger partial charge in [0.25, 0.3) is 0 Å². The van der Waals surface area contributed by atoms with Crippen molar-refractivity contribution in [1.82, 2.24) is 15.5 Å². The number of nitrogens with one attached hydrogen (secondary N) is 2. The van der Waals surface area contributed by atoms with Crippen LogP contribution in [0.25, 0.3) is 0 Å². The van der Waals surface area contributed by atoms with Crippen LogP contribution in [0.3, 0.4) is 0 Å². The van der Waals surface area contributed by atoms with Crippen LogP contribution < -0.4 is 10.6 Å². The van der Waals surface area contributed by atoms with E-state index in [1.54, 1.807) is 18.6 Å². The highest BCUT2D eigenvalue weighted by molar-refractivity contribution is 5.95. The number of hydrogen-bond donors (Lipinski definition) is 2. The zero-order valence-electron chi connectivity index (χ0n) is 9.77. The first-order valence-corrected chi connectivity index (χ1v) is 5.83. The van der Waals surface area contributed by atoms with Crippen molar-refractivity contribution < 1.29 is 0 Å². The van der Waals surface area contributed by atoms with Gasteiger partial charge in [-0.15, -0.1) is 0 Å². The van der Waals surface area contributed by atoms with E-state index in [2.05, 4.69) is 30.5 Å². The second-order valence-corrected chi connectivity index (χ2v) is 4.04. The van der Waals surface area contributed by atoms with E-state index in [-0.39, 0.29) is 12.1 Å². The number of rotatable bonds is 1. The summed E-state index contributed by atoms with van der Waals surface area (Å²) < 4.78 is 0. The Bertz CT molecular complexity index is 485. The molecule has 0 saturated heterocycles. The van der Waals surface area contributed by atoms with Crippen LogP contribution in [0.5, 0.6) is 0 Å². The summed E-state index contributed by atoms with van der Waals surface area (Å²) in [6.45, 7) is 0.737. The van der Waals surface area contributed by atoms with Gasteiger partial charge in [0.15, 0.2) is 0 Å². The zero-order chi connectivity index (χ0) is 12.2. The second kappa shape index (κ2) is 4.87. The first-order valence-electron chi connectivity index (χ1n) is 5.83. The SMILES string of the molecule is C1=CNC(C2NC=CN=C2N2C=CN=CC2)C=N1. The lowest BCUT2D eigenvalue weighted by molar-refractivity contribution is 0.530. The fourth-order valence-corrected chi connectivity index (χ4v) is 2.04. The lowest BCUT2D eigenvalue weighted by Gasteiger charge is -2.34. The maximum absolute atomic E-state index is 4.47. The summed E-state index contributed by atoms with van der Waals surface area (Å²) in [5.74, 6) is 0.958. The molecule has 0 bridgehead atoms. The van der Waals surface area contributed by atoms with Gasteiger partial charge in [-0.1, -0.05) is 0 Å². The Balaban J connectivity index is 1.81. The largest absolute Gasteiger partial charge is 0.380 e. The summed E-state index contributed by atoms with van der Waals surface area (Å²) in [6.07, 6.45) is 14.6. The predicted octanol–water partition coefficient (Wildman–Crippen LogP) is 0.199. The topological polar surface area (TPSA) is 64.4 Å². The molecule has 0 fully saturated rings. The van der Waals surface area contributed by atoms with Crippen LogP contribution in [0.15, 0.2) is 52.2 Å². The Kier molecular flexibility index (Phi) is 2.91. The third kappa shape index (κ3) is 2.04. The zero-order valence-corrected chi connectivity index (χ0v) is 9.77. The van der Waals surface area contributed by atoms with E-state index >= 15 is 0 Å². The first-order chi connectivity index (χ1) is 8.95. The monoisotopic (exact) mass is 242 g/mol. The van der Waals surface area contributed by atoms with Crippen LogP contribution in [-0.4, -0.2) is 41.8 Å². The summed E-state index contributed by atoms with van der Waals surface area (Å²) in [4.78, 5) is 14.8. The highest BCUT2D eigenvalue weighted by Crippen LogP contribution is 2.09. The Morgan fingerprint density at radius 1 is 1.11 bits per heavy atom. The summed E-state index contributed by atoms with van der Waals surface area (Å²) in [5.41, 5.74) is 0. The maximum atomic E-state index is 4.47. The molecule has 3 aliphatic rings. The van der Waals surface area contributed by atoms with Crippen molar-refractivity contribution in [2.24, 2.45) is 15.0 Å². The minimum absolute atomic E-state index is 0.0554. The number of nitrogens with zero attached hydrogens (tertiary/aromatic N) is 4. The number of aliphatic imine (C=N–C) groups is 3. The van der Waals surface area contributed by atoms with Crippen molar-refractivity contribution in [2.45, 2.75) is 12.1 Å². The van der Waals surface area contributed by atoms with Gasteiger partial charge in [-0.3, -0.25) is 9.98 Å². The molecule has 0 spiro atoms. The molecule has 3 aliphatic heterocycles. The molecule has 0 aromatic rings. The highest BCUT2D eigenvalue weighted by atomic mass is 15.2. The van der Waals surface area contributed by atoms with E-state index in [0.29, 0.717) is 0 Å². The van der Waals surface area contributed by atoms with Crippen LogP contribution in [0, 0.1) is 0 Å². The van der Waals surface area contributed by atoms with Crippen molar-refractivity contribution in [3.8, 4) is 0 Å². The van der Waals surface area contributed by atoms with Crippen molar-refractivity contribution >= 4 is 18.3 Å². The molecule has 2 N–H and O–H groups in total. The van der Waals surface area contributed by atoms with Gasteiger partial charge in [-0.25, -0.2) is 4.99 Å². The molecule has 2 atom stereocenters. The van der Waals surface area contributed by atoms with Crippen LogP contribution in [0.1, 0.15) is 0 Å². The predicted molar refractivity (Wildman–Crippen MR) is 72.4 cm³/mol. The molecule has 0 aromatic heterocycles. The standard InChI is InChI=1S/C12H14N6/c1-2-15-10(9-14-1)11-12(17-4-3-16-11)18-7-5-13-6-8-18/h1-7,9-11,15-16H,8H2. The van der Waals surface area contributed by atoms with E-state index in [9.17, 15) is 0 Å². The highest BCUT2D eigenvalue weighted by Gasteiger charge is 2.28. The van der Waals surface area contributed by atoms with Gasteiger partial charge in [-0.05, 0) is 0 Å². The lowest BCUT2D eigenvalue weighted by atomic mass is 10.1. The molecule has 2 unspecified atom stereocenters. The van der Waals surface area contributed by atoms with E-state index < -0.39 is 0 Å². The normalized spacial score (nSPS) is 28.9. The molecule has 0 saturated carbocycles. The minimum Gasteiger partial charge on any atom is -0.380 e. The third-order valence-electron chi connectivity index (χ3n) is 2.90. The Hall–Kier alpha value is -2.37. The third-order valence-corrected chi connectivity index (χ3v) is 2.90. The molecular formula is C12H14N6. The molecule has 6 heteroatoms. The Morgan fingerprint density at radius 2 is 2.06 bits per heavy atom. The Labute approximate surface area is 105 Å². The van der Waals surface area contributed by atoms with E-state index in [1.807, 2.05) is 31.0 Å². The van der Waals surface area contributed by atoms with E-state index in [1.165, 1.54) is 0 Å². The molecule has 0 aliphatic carbocycles. The average Bonchev–Trinajstić information content (AvgIpc) is 2.49. The van der Waals surface area contributed by atoms with E-state index in [0.717, 1.165) is 12.4 Å². The van der Waals surface area contributed by atoms with Crippen molar-refractivity contribution in [3.63, 3.8) is 0 Å². The van der Waals surface area contributed by atoms with Crippen LogP contribution >= 0.6 is 0 Å². The smallest absolute Gasteiger partial charge is 0.134 e. The quantitative estimate of drug-likeness (QED) is 0.690. The molecule has 0 radical (unpaired) electrons. The van der Waals surface area contributed by atoms with Crippen LogP contribution in [0.4, 0.5) is 0 Å². The summed E-state index contributed by atoms with van der Waals surface area (Å²) in [5, 5.41) is 6.58. The molecule has 6 nitrogen and oxygen atoms in total. The molecule has 0 amide bonds. The van der Waals surface area contributed by atoms with Gasteiger partial charge in [0, 0.05) is 49.6 Å². The first kappa shape index (κ1) is 10.8. The van der Waals surface area contributed by atoms with Crippen molar-refractivity contribution in [2.75, 3.05) is 6.54 Å². The molecule has 92 valence electrons. The summed E-state index contributed by atoms with van der Waals surface area (Å²) >= 11 is 0. The maximum Gasteiger partial charge on any atom is 0.134 e. The van der Waals surface area contributed by atoms with Crippen molar-refractivity contribution in [3.05, 3.63) is 37.2 Å². The van der Waals surface area contributed by atoms with Gasteiger partial charge >= 0.3 is 0 Å². The van der Waals surface area contributed by atoms with Gasteiger partial charge in [0.2, 0.25) is 0 Å². The van der Waals surface area contributed by atoms with Crippen LogP contribution in [-0.2, 0) is 0 Å². The van der Waals surface area contributed by atoms with Gasteiger partial charge < -0.3 is 15.5 Å². The van der Waals surface area contributed by atoms with Gasteiger partial charge in [0.05, 0.1) is 12.6 Å². The fourth-order valence-electron chi connectivity index (χ4n) is 2.04. The second-order valence-electron chi connectivity index (χ2n) is 4.04. The molecule has 3 heterocycles. The minimum atomic E-state index is 0.0554. The molecule has 3 rings (SSSR count).